The van der Waals surface area contributed by atoms with E-state index in [0.717, 1.165) is 0 Å². The van der Waals surface area contributed by atoms with Gasteiger partial charge in [0.05, 0.1) is 13.2 Å². The summed E-state index contributed by atoms with van der Waals surface area (Å²) < 4.78 is 0. The SMILES string of the molecule is OCCO.[Cl-].[Cl-].[Cl-].[Fe+3]. The minimum absolute atomic E-state index is 0. The Kier molecular flexibility index (Phi) is 175. The Labute approximate surface area is 77.7 Å². The summed E-state index contributed by atoms with van der Waals surface area (Å²) in [6.45, 7) is -0.250. The second-order valence-corrected chi connectivity index (χ2v) is 0.447. The van der Waals surface area contributed by atoms with Gasteiger partial charge in [-0.3, -0.25) is 0 Å². The van der Waals surface area contributed by atoms with E-state index < -0.39 is 0 Å². The Morgan fingerprint density at radius 3 is 0.875 bits per heavy atom. The molecule has 0 heterocycles. The number of rotatable bonds is 1. The third-order valence-corrected chi connectivity index (χ3v) is 0.1000. The molecule has 0 aromatic rings. The standard InChI is InChI=1S/C2H6O2.3ClH.Fe/c3-1-2-4;;;;/h3-4H,1-2H2;3*1H;/q;;;;+3/p-3. The molecular weight excluding hydrogens is 218 g/mol. The van der Waals surface area contributed by atoms with Crippen LogP contribution in [0.5, 0.6) is 0 Å². The monoisotopic (exact) mass is 223 g/mol. The largest absolute Gasteiger partial charge is 3.00 e. The third kappa shape index (κ3) is 54.6. The molecule has 0 aliphatic carbocycles. The quantitative estimate of drug-likeness (QED) is 0.434. The van der Waals surface area contributed by atoms with Gasteiger partial charge in [-0.25, -0.2) is 0 Å². The van der Waals surface area contributed by atoms with Gasteiger partial charge >= 0.3 is 17.1 Å². The van der Waals surface area contributed by atoms with E-state index in [1.165, 1.54) is 0 Å². The van der Waals surface area contributed by atoms with Gasteiger partial charge < -0.3 is 47.4 Å². The van der Waals surface area contributed by atoms with E-state index in [2.05, 4.69) is 0 Å². The van der Waals surface area contributed by atoms with Crippen LogP contribution in [-0.2, 0) is 17.1 Å². The number of halogens is 3. The number of aliphatic hydroxyl groups is 2. The van der Waals surface area contributed by atoms with Gasteiger partial charge in [-0.15, -0.1) is 0 Å². The van der Waals surface area contributed by atoms with Crippen LogP contribution < -0.4 is 37.2 Å². The zero-order valence-electron chi connectivity index (χ0n) is 3.80. The van der Waals surface area contributed by atoms with Crippen LogP contribution in [0.15, 0.2) is 0 Å². The summed E-state index contributed by atoms with van der Waals surface area (Å²) in [5.41, 5.74) is 0. The number of aliphatic hydroxyl groups excluding tert-OH is 2. The summed E-state index contributed by atoms with van der Waals surface area (Å²) in [7, 11) is 0. The normalized spacial score (nSPS) is 3.75. The molecule has 1 radical (unpaired) electrons. The first-order valence-electron chi connectivity index (χ1n) is 1.13. The smallest absolute Gasteiger partial charge is 1.00 e. The van der Waals surface area contributed by atoms with Crippen molar-refractivity contribution in [3.05, 3.63) is 0 Å². The van der Waals surface area contributed by atoms with Gasteiger partial charge in [0, 0.05) is 0 Å². The van der Waals surface area contributed by atoms with Crippen LogP contribution in [0.1, 0.15) is 0 Å². The second kappa shape index (κ2) is 40.5. The van der Waals surface area contributed by atoms with Crippen LogP contribution >= 0.6 is 0 Å². The molecule has 8 heavy (non-hydrogen) atoms. The molecule has 2 N–H and O–H groups in total. The molecule has 2 nitrogen and oxygen atoms in total. The Bertz CT molecular complexity index is 17.2. The van der Waals surface area contributed by atoms with E-state index in [0.29, 0.717) is 0 Å². The van der Waals surface area contributed by atoms with Crippen molar-refractivity contribution in [3.63, 3.8) is 0 Å². The van der Waals surface area contributed by atoms with Gasteiger partial charge in [-0.1, -0.05) is 0 Å². The molecule has 0 aliphatic heterocycles. The summed E-state index contributed by atoms with van der Waals surface area (Å²) in [5.74, 6) is 0. The van der Waals surface area contributed by atoms with Crippen molar-refractivity contribution in [2.45, 2.75) is 0 Å². The molecule has 0 fully saturated rings. The van der Waals surface area contributed by atoms with Crippen molar-refractivity contribution >= 4 is 0 Å². The van der Waals surface area contributed by atoms with Crippen LogP contribution in [-0.4, -0.2) is 23.4 Å². The Morgan fingerprint density at radius 2 is 0.875 bits per heavy atom. The van der Waals surface area contributed by atoms with Crippen molar-refractivity contribution in [3.8, 4) is 0 Å². The van der Waals surface area contributed by atoms with Gasteiger partial charge in [0.25, 0.3) is 0 Å². The topological polar surface area (TPSA) is 40.5 Å². The molecule has 0 amide bonds. The molecule has 0 rings (SSSR count). The van der Waals surface area contributed by atoms with E-state index in [1.807, 2.05) is 0 Å². The number of hydrogen-bond donors (Lipinski definition) is 2. The number of hydrogen-bond acceptors (Lipinski definition) is 2. The Hall–Kier alpha value is 1.31. The molecule has 6 heteroatoms. The fourth-order valence-electron chi connectivity index (χ4n) is 0. The van der Waals surface area contributed by atoms with Gasteiger partial charge in [0.1, 0.15) is 0 Å². The summed E-state index contributed by atoms with van der Waals surface area (Å²) in [4.78, 5) is 0. The Balaban J connectivity index is -0.00000000750. The summed E-state index contributed by atoms with van der Waals surface area (Å²) in [6.07, 6.45) is 0. The van der Waals surface area contributed by atoms with Crippen LogP contribution in [0.25, 0.3) is 0 Å². The predicted octanol–water partition coefficient (Wildman–Crippen LogP) is -10.0. The molecule has 0 aromatic heterocycles. The minimum Gasteiger partial charge on any atom is -1.00 e. The first kappa shape index (κ1) is 34.6. The summed E-state index contributed by atoms with van der Waals surface area (Å²) >= 11 is 0. The zero-order chi connectivity index (χ0) is 3.41. The van der Waals surface area contributed by atoms with Crippen molar-refractivity contribution in [1.29, 1.82) is 0 Å². The maximum atomic E-state index is 7.62. The summed E-state index contributed by atoms with van der Waals surface area (Å²) in [6, 6.07) is 0. The van der Waals surface area contributed by atoms with E-state index in [1.54, 1.807) is 0 Å². The fourth-order valence-corrected chi connectivity index (χ4v) is 0. The van der Waals surface area contributed by atoms with Gasteiger partial charge in [0.15, 0.2) is 0 Å². The zero-order valence-corrected chi connectivity index (χ0v) is 7.17. The predicted molar refractivity (Wildman–Crippen MR) is 14.2 cm³/mol. The average Bonchev–Trinajstić information content (AvgIpc) is 1.37. The molecule has 55 valence electrons. The molecule has 0 aliphatic rings. The molecule has 0 aromatic carbocycles. The van der Waals surface area contributed by atoms with Crippen molar-refractivity contribution in [2.24, 2.45) is 0 Å². The maximum absolute atomic E-state index is 7.62. The molecule has 0 bridgehead atoms. The maximum Gasteiger partial charge on any atom is 3.00 e. The van der Waals surface area contributed by atoms with E-state index in [9.17, 15) is 0 Å². The third-order valence-electron chi connectivity index (χ3n) is 0.1000. The fraction of sp³-hybridized carbons (Fsp3) is 1.00. The molecular formula is C2H6Cl3FeO2. The van der Waals surface area contributed by atoms with E-state index in [4.69, 9.17) is 10.2 Å². The van der Waals surface area contributed by atoms with Gasteiger partial charge in [-0.2, -0.15) is 0 Å². The van der Waals surface area contributed by atoms with E-state index in [-0.39, 0.29) is 67.5 Å². The van der Waals surface area contributed by atoms with Crippen molar-refractivity contribution < 1.29 is 64.5 Å². The van der Waals surface area contributed by atoms with Crippen molar-refractivity contribution in [2.75, 3.05) is 13.2 Å². The first-order valence-corrected chi connectivity index (χ1v) is 1.13. The minimum atomic E-state index is -0.125. The summed E-state index contributed by atoms with van der Waals surface area (Å²) in [5, 5.41) is 15.2. The molecule has 0 saturated carbocycles. The first-order chi connectivity index (χ1) is 1.91. The van der Waals surface area contributed by atoms with Gasteiger partial charge in [-0.05, 0) is 0 Å². The van der Waals surface area contributed by atoms with Crippen LogP contribution in [0.3, 0.4) is 0 Å². The molecule has 0 unspecified atom stereocenters. The van der Waals surface area contributed by atoms with Crippen LogP contribution in [0, 0.1) is 0 Å². The average molecular weight is 224 g/mol. The Morgan fingerprint density at radius 1 is 0.750 bits per heavy atom. The van der Waals surface area contributed by atoms with Gasteiger partial charge in [0.2, 0.25) is 0 Å². The second-order valence-electron chi connectivity index (χ2n) is 0.447. The van der Waals surface area contributed by atoms with Crippen LogP contribution in [0.2, 0.25) is 0 Å². The van der Waals surface area contributed by atoms with E-state index >= 15 is 0 Å². The van der Waals surface area contributed by atoms with Crippen molar-refractivity contribution in [1.82, 2.24) is 0 Å². The molecule has 0 atom stereocenters. The molecule has 0 saturated heterocycles. The van der Waals surface area contributed by atoms with Crippen LogP contribution in [0.4, 0.5) is 0 Å². The molecule has 0 spiro atoms.